The van der Waals surface area contributed by atoms with E-state index in [1.165, 1.54) is 6.07 Å². The number of hydrogen-bond acceptors (Lipinski definition) is 5. The van der Waals surface area contributed by atoms with Crippen LogP contribution in [0, 0.1) is 5.82 Å². The van der Waals surface area contributed by atoms with E-state index in [2.05, 4.69) is 15.9 Å². The second-order valence-electron chi connectivity index (χ2n) is 7.52. The first-order valence-corrected chi connectivity index (χ1v) is 10.1. The van der Waals surface area contributed by atoms with Crippen molar-refractivity contribution in [1.82, 2.24) is 4.90 Å². The summed E-state index contributed by atoms with van der Waals surface area (Å²) in [5.41, 5.74) is 2.56. The van der Waals surface area contributed by atoms with Crippen molar-refractivity contribution in [2.75, 3.05) is 38.2 Å². The molecule has 0 bridgehead atoms. The van der Waals surface area contributed by atoms with Crippen LogP contribution in [-0.2, 0) is 6.54 Å². The number of halogens is 1. The maximum atomic E-state index is 14.1. The van der Waals surface area contributed by atoms with Gasteiger partial charge in [-0.3, -0.25) is 4.90 Å². The fourth-order valence-electron chi connectivity index (χ4n) is 4.08. The van der Waals surface area contributed by atoms with E-state index in [4.69, 9.17) is 13.6 Å². The number of methoxy groups -OCH3 is 1. The van der Waals surface area contributed by atoms with Gasteiger partial charge in [-0.1, -0.05) is 12.1 Å². The van der Waals surface area contributed by atoms with Gasteiger partial charge in [0, 0.05) is 38.1 Å². The average Bonchev–Trinajstić information content (AvgIpc) is 3.44. The number of anilines is 1. The summed E-state index contributed by atoms with van der Waals surface area (Å²) >= 11 is 0. The third kappa shape index (κ3) is 3.55. The molecule has 0 saturated carbocycles. The predicted molar refractivity (Wildman–Crippen MR) is 114 cm³/mol. The molecule has 1 fully saturated rings. The lowest BCUT2D eigenvalue weighted by Gasteiger charge is -2.36. The molecule has 0 aliphatic carbocycles. The normalized spacial score (nSPS) is 15.1. The number of ether oxygens (including phenoxy) is 1. The first-order valence-electron chi connectivity index (χ1n) is 10.1. The molecule has 0 radical (unpaired) electrons. The molecule has 30 heavy (non-hydrogen) atoms. The van der Waals surface area contributed by atoms with Crippen LogP contribution in [0.1, 0.15) is 5.56 Å². The Hall–Kier alpha value is -3.25. The topological polar surface area (TPSA) is 42.0 Å². The van der Waals surface area contributed by atoms with Gasteiger partial charge in [0.25, 0.3) is 0 Å². The minimum atomic E-state index is -0.159. The highest BCUT2D eigenvalue weighted by Gasteiger charge is 2.20. The van der Waals surface area contributed by atoms with E-state index < -0.39 is 0 Å². The van der Waals surface area contributed by atoms with Crippen molar-refractivity contribution in [3.05, 3.63) is 72.2 Å². The van der Waals surface area contributed by atoms with Crippen molar-refractivity contribution in [2.24, 2.45) is 0 Å². The van der Waals surface area contributed by atoms with Gasteiger partial charge in [-0.25, -0.2) is 4.39 Å². The molecule has 1 aliphatic rings. The van der Waals surface area contributed by atoms with Gasteiger partial charge in [-0.05, 0) is 48.0 Å². The van der Waals surface area contributed by atoms with Gasteiger partial charge < -0.3 is 18.5 Å². The highest BCUT2D eigenvalue weighted by Crippen LogP contribution is 2.35. The average molecular weight is 406 g/mol. The molecule has 5 nitrogen and oxygen atoms in total. The molecule has 4 aromatic rings. The lowest BCUT2D eigenvalue weighted by atomic mass is 10.1. The van der Waals surface area contributed by atoms with Crippen LogP contribution in [-0.4, -0.2) is 38.2 Å². The van der Waals surface area contributed by atoms with E-state index in [-0.39, 0.29) is 5.82 Å². The second-order valence-corrected chi connectivity index (χ2v) is 7.52. The molecule has 1 aliphatic heterocycles. The monoisotopic (exact) mass is 406 g/mol. The van der Waals surface area contributed by atoms with Gasteiger partial charge in [0.05, 0.1) is 19.1 Å². The van der Waals surface area contributed by atoms with Crippen LogP contribution in [0.15, 0.2) is 69.7 Å². The Morgan fingerprint density at radius 1 is 0.967 bits per heavy atom. The van der Waals surface area contributed by atoms with Crippen LogP contribution in [0.2, 0.25) is 0 Å². The van der Waals surface area contributed by atoms with E-state index in [0.717, 1.165) is 49.3 Å². The SMILES string of the molecule is COc1cc(CN2CCN(c3ccccc3F)CC2)cc2cc(-c3ccco3)oc12. The van der Waals surface area contributed by atoms with Crippen molar-refractivity contribution < 1.29 is 18.0 Å². The Morgan fingerprint density at radius 3 is 2.53 bits per heavy atom. The fraction of sp³-hybridized carbons (Fsp3) is 0.250. The Labute approximate surface area is 174 Å². The Balaban J connectivity index is 1.33. The van der Waals surface area contributed by atoms with Gasteiger partial charge in [-0.15, -0.1) is 0 Å². The summed E-state index contributed by atoms with van der Waals surface area (Å²) in [5, 5.41) is 0.987. The minimum Gasteiger partial charge on any atom is -0.493 e. The van der Waals surface area contributed by atoms with Gasteiger partial charge in [0.15, 0.2) is 22.9 Å². The molecule has 154 valence electrons. The number of hydrogen-bond donors (Lipinski definition) is 0. The fourth-order valence-corrected chi connectivity index (χ4v) is 4.08. The summed E-state index contributed by atoms with van der Waals surface area (Å²) in [5.74, 6) is 1.93. The molecule has 6 heteroatoms. The molecule has 0 atom stereocenters. The molecule has 3 heterocycles. The Bertz CT molecular complexity index is 1140. The Morgan fingerprint density at radius 2 is 1.80 bits per heavy atom. The first-order chi connectivity index (χ1) is 14.7. The quantitative estimate of drug-likeness (QED) is 0.458. The van der Waals surface area contributed by atoms with Crippen LogP contribution >= 0.6 is 0 Å². The number of piperazine rings is 1. The van der Waals surface area contributed by atoms with Gasteiger partial charge >= 0.3 is 0 Å². The zero-order valence-corrected chi connectivity index (χ0v) is 16.8. The number of rotatable bonds is 5. The van der Waals surface area contributed by atoms with Gasteiger partial charge in [0.2, 0.25) is 0 Å². The van der Waals surface area contributed by atoms with Gasteiger partial charge in [-0.2, -0.15) is 0 Å². The van der Waals surface area contributed by atoms with Crippen molar-refractivity contribution in [1.29, 1.82) is 0 Å². The molecule has 2 aromatic heterocycles. The smallest absolute Gasteiger partial charge is 0.176 e. The number of benzene rings is 2. The van der Waals surface area contributed by atoms with Crippen LogP contribution in [0.5, 0.6) is 5.75 Å². The third-order valence-electron chi connectivity index (χ3n) is 5.60. The van der Waals surface area contributed by atoms with E-state index in [1.54, 1.807) is 19.4 Å². The highest BCUT2D eigenvalue weighted by atomic mass is 19.1. The van der Waals surface area contributed by atoms with Crippen LogP contribution in [0.25, 0.3) is 22.5 Å². The zero-order valence-electron chi connectivity index (χ0n) is 16.8. The van der Waals surface area contributed by atoms with Gasteiger partial charge in [0.1, 0.15) is 5.82 Å². The number of furan rings is 2. The summed E-state index contributed by atoms with van der Waals surface area (Å²) in [6, 6.07) is 16.8. The lowest BCUT2D eigenvalue weighted by Crippen LogP contribution is -2.46. The summed E-state index contributed by atoms with van der Waals surface area (Å²) < 4.78 is 31.1. The molecule has 0 N–H and O–H groups in total. The van der Waals surface area contributed by atoms with Crippen LogP contribution in [0.4, 0.5) is 10.1 Å². The second kappa shape index (κ2) is 7.88. The first kappa shape index (κ1) is 18.8. The predicted octanol–water partition coefficient (Wildman–Crippen LogP) is 5.16. The summed E-state index contributed by atoms with van der Waals surface area (Å²) in [4.78, 5) is 4.49. The molecule has 0 unspecified atom stereocenters. The standard InChI is InChI=1S/C24H23FN2O3/c1-28-23-14-17(13-18-15-22(30-24(18)23)21-7-4-12-29-21)16-26-8-10-27(11-9-26)20-6-3-2-5-19(20)25/h2-7,12-15H,8-11,16H2,1H3. The Kier molecular flexibility index (Phi) is 4.93. The maximum absolute atomic E-state index is 14.1. The molecule has 0 spiro atoms. The number of fused-ring (bicyclic) bond motifs is 1. The van der Waals surface area contributed by atoms with Crippen molar-refractivity contribution >= 4 is 16.7 Å². The summed E-state index contributed by atoms with van der Waals surface area (Å²) in [7, 11) is 1.65. The van der Waals surface area contributed by atoms with Crippen LogP contribution < -0.4 is 9.64 Å². The lowest BCUT2D eigenvalue weighted by molar-refractivity contribution is 0.249. The van der Waals surface area contributed by atoms with Crippen molar-refractivity contribution in [3.8, 4) is 17.3 Å². The molecule has 5 rings (SSSR count). The summed E-state index contributed by atoms with van der Waals surface area (Å²) in [6.45, 7) is 4.15. The molecule has 0 amide bonds. The molecular weight excluding hydrogens is 383 g/mol. The van der Waals surface area contributed by atoms with E-state index in [1.807, 2.05) is 36.4 Å². The molecule has 2 aromatic carbocycles. The zero-order chi connectivity index (χ0) is 20.5. The largest absolute Gasteiger partial charge is 0.493 e. The highest BCUT2D eigenvalue weighted by molar-refractivity contribution is 5.87. The molecule has 1 saturated heterocycles. The van der Waals surface area contributed by atoms with Crippen molar-refractivity contribution in [2.45, 2.75) is 6.54 Å². The van der Waals surface area contributed by atoms with Crippen molar-refractivity contribution in [3.63, 3.8) is 0 Å². The van der Waals surface area contributed by atoms with Crippen LogP contribution in [0.3, 0.4) is 0 Å². The number of nitrogens with zero attached hydrogens (tertiary/aromatic N) is 2. The molecular formula is C24H23FN2O3. The van der Waals surface area contributed by atoms with E-state index in [9.17, 15) is 4.39 Å². The minimum absolute atomic E-state index is 0.159. The van der Waals surface area contributed by atoms with E-state index >= 15 is 0 Å². The maximum Gasteiger partial charge on any atom is 0.176 e. The third-order valence-corrected chi connectivity index (χ3v) is 5.60. The summed E-state index contributed by atoms with van der Waals surface area (Å²) in [6.07, 6.45) is 1.63. The number of para-hydroxylation sites is 1. The van der Waals surface area contributed by atoms with E-state index in [0.29, 0.717) is 23.0 Å².